The zero-order valence-corrected chi connectivity index (χ0v) is 10.1. The monoisotopic (exact) mass is 209 g/mol. The molecule has 1 saturated carbocycles. The molecule has 1 aromatic rings. The molecule has 2 rings (SSSR count). The van der Waals surface area contributed by atoms with Crippen LogP contribution in [0.5, 0.6) is 0 Å². The van der Waals surface area contributed by atoms with Gasteiger partial charge >= 0.3 is 0 Å². The van der Waals surface area contributed by atoms with Crippen molar-refractivity contribution in [2.75, 3.05) is 0 Å². The quantitative estimate of drug-likeness (QED) is 0.802. The Kier molecular flexibility index (Phi) is 2.67. The van der Waals surface area contributed by atoms with Crippen LogP contribution in [0.3, 0.4) is 0 Å². The number of nitrogens with one attached hydrogen (secondary N) is 1. The second kappa shape index (κ2) is 3.67. The van der Waals surface area contributed by atoms with Gasteiger partial charge in [0, 0.05) is 12.6 Å². The van der Waals surface area contributed by atoms with Crippen LogP contribution in [0.25, 0.3) is 0 Å². The topological polar surface area (TPSA) is 12.0 Å². The normalized spacial score (nSPS) is 20.8. The summed E-state index contributed by atoms with van der Waals surface area (Å²) in [7, 11) is 0. The minimum atomic E-state index is 0.587. The molecule has 2 heteroatoms. The zero-order valence-electron chi connectivity index (χ0n) is 9.26. The van der Waals surface area contributed by atoms with E-state index in [9.17, 15) is 0 Å². The lowest BCUT2D eigenvalue weighted by atomic mass is 10.0. The smallest absolute Gasteiger partial charge is 0.0219 e. The summed E-state index contributed by atoms with van der Waals surface area (Å²) in [5.74, 6) is 0. The van der Waals surface area contributed by atoms with Crippen molar-refractivity contribution in [1.29, 1.82) is 0 Å². The highest BCUT2D eigenvalue weighted by molar-refractivity contribution is 7.08. The van der Waals surface area contributed by atoms with Crippen LogP contribution in [0.2, 0.25) is 0 Å². The lowest BCUT2D eigenvalue weighted by Gasteiger charge is -2.20. The van der Waals surface area contributed by atoms with Crippen molar-refractivity contribution in [1.82, 2.24) is 5.32 Å². The number of aryl methyl sites for hydroxylation is 1. The van der Waals surface area contributed by atoms with Crippen LogP contribution in [0, 0.1) is 12.3 Å². The van der Waals surface area contributed by atoms with Gasteiger partial charge in [-0.05, 0) is 54.0 Å². The predicted octanol–water partition coefficient (Wildman–Crippen LogP) is 3.33. The minimum absolute atomic E-state index is 0.587. The molecule has 0 aliphatic heterocycles. The second-order valence-corrected chi connectivity index (χ2v) is 5.58. The van der Waals surface area contributed by atoms with Gasteiger partial charge in [0.05, 0.1) is 0 Å². The van der Waals surface area contributed by atoms with Crippen molar-refractivity contribution in [3.63, 3.8) is 0 Å². The highest BCUT2D eigenvalue weighted by Gasteiger charge is 2.42. The molecule has 0 radical (unpaired) electrons. The molecule has 1 aliphatic rings. The SMILES string of the molecule is Cc1cscc1CNC(C)C1(C)CC1. The Morgan fingerprint density at radius 2 is 2.21 bits per heavy atom. The van der Waals surface area contributed by atoms with Crippen LogP contribution < -0.4 is 5.32 Å². The van der Waals surface area contributed by atoms with Crippen molar-refractivity contribution in [3.8, 4) is 0 Å². The zero-order chi connectivity index (χ0) is 10.2. The molecule has 0 amide bonds. The van der Waals surface area contributed by atoms with E-state index in [0.717, 1.165) is 6.54 Å². The Hall–Kier alpha value is -0.340. The molecule has 0 spiro atoms. The third kappa shape index (κ3) is 2.01. The van der Waals surface area contributed by atoms with Crippen LogP contribution in [0.4, 0.5) is 0 Å². The van der Waals surface area contributed by atoms with E-state index in [0.29, 0.717) is 11.5 Å². The predicted molar refractivity (Wildman–Crippen MR) is 62.7 cm³/mol. The molecule has 1 N–H and O–H groups in total. The molecule has 1 unspecified atom stereocenters. The third-order valence-electron chi connectivity index (χ3n) is 3.64. The first kappa shape index (κ1) is 10.2. The fourth-order valence-electron chi connectivity index (χ4n) is 1.71. The molecular formula is C12H19NS. The van der Waals surface area contributed by atoms with Crippen LogP contribution in [-0.2, 0) is 6.54 Å². The summed E-state index contributed by atoms with van der Waals surface area (Å²) >= 11 is 1.80. The summed E-state index contributed by atoms with van der Waals surface area (Å²) in [4.78, 5) is 0. The fourth-order valence-corrected chi connectivity index (χ4v) is 2.56. The Labute approximate surface area is 90.5 Å². The van der Waals surface area contributed by atoms with Gasteiger partial charge < -0.3 is 5.32 Å². The first-order valence-corrected chi connectivity index (χ1v) is 6.31. The van der Waals surface area contributed by atoms with Crippen LogP contribution in [-0.4, -0.2) is 6.04 Å². The van der Waals surface area contributed by atoms with E-state index in [4.69, 9.17) is 0 Å². The molecule has 78 valence electrons. The number of thiophene rings is 1. The highest BCUT2D eigenvalue weighted by Crippen LogP contribution is 2.47. The Bertz CT molecular complexity index is 312. The molecule has 14 heavy (non-hydrogen) atoms. The van der Waals surface area contributed by atoms with Gasteiger partial charge in [0.2, 0.25) is 0 Å². The maximum Gasteiger partial charge on any atom is 0.0219 e. The second-order valence-electron chi connectivity index (χ2n) is 4.84. The molecule has 1 atom stereocenters. The van der Waals surface area contributed by atoms with Gasteiger partial charge in [0.15, 0.2) is 0 Å². The van der Waals surface area contributed by atoms with Crippen LogP contribution in [0.15, 0.2) is 10.8 Å². The summed E-state index contributed by atoms with van der Waals surface area (Å²) in [5, 5.41) is 8.11. The van der Waals surface area contributed by atoms with E-state index in [2.05, 4.69) is 36.8 Å². The Morgan fingerprint density at radius 3 is 2.71 bits per heavy atom. The molecule has 0 bridgehead atoms. The summed E-state index contributed by atoms with van der Waals surface area (Å²) in [6.07, 6.45) is 2.79. The Morgan fingerprint density at radius 1 is 1.50 bits per heavy atom. The highest BCUT2D eigenvalue weighted by atomic mass is 32.1. The maximum atomic E-state index is 3.63. The van der Waals surface area contributed by atoms with Crippen molar-refractivity contribution in [3.05, 3.63) is 21.9 Å². The molecule has 1 aromatic heterocycles. The van der Waals surface area contributed by atoms with E-state index in [1.54, 1.807) is 11.3 Å². The van der Waals surface area contributed by atoms with Gasteiger partial charge in [-0.15, -0.1) is 0 Å². The molecule has 0 aromatic carbocycles. The number of hydrogen-bond acceptors (Lipinski definition) is 2. The van der Waals surface area contributed by atoms with E-state index < -0.39 is 0 Å². The molecular weight excluding hydrogens is 190 g/mol. The summed E-state index contributed by atoms with van der Waals surface area (Å²) in [5.41, 5.74) is 3.48. The van der Waals surface area contributed by atoms with Gasteiger partial charge in [-0.2, -0.15) is 11.3 Å². The van der Waals surface area contributed by atoms with Crippen LogP contribution >= 0.6 is 11.3 Å². The van der Waals surface area contributed by atoms with Crippen LogP contribution in [0.1, 0.15) is 37.8 Å². The molecule has 0 saturated heterocycles. The average molecular weight is 209 g/mol. The largest absolute Gasteiger partial charge is 0.310 e. The van der Waals surface area contributed by atoms with Crippen molar-refractivity contribution in [2.24, 2.45) is 5.41 Å². The molecule has 1 heterocycles. The van der Waals surface area contributed by atoms with Gasteiger partial charge in [-0.25, -0.2) is 0 Å². The van der Waals surface area contributed by atoms with Crippen molar-refractivity contribution >= 4 is 11.3 Å². The first-order chi connectivity index (χ1) is 6.62. The number of hydrogen-bond donors (Lipinski definition) is 1. The van der Waals surface area contributed by atoms with Crippen molar-refractivity contribution in [2.45, 2.75) is 46.2 Å². The van der Waals surface area contributed by atoms with Gasteiger partial charge in [0.1, 0.15) is 0 Å². The lowest BCUT2D eigenvalue weighted by Crippen LogP contribution is -2.32. The van der Waals surface area contributed by atoms with E-state index >= 15 is 0 Å². The summed E-state index contributed by atoms with van der Waals surface area (Å²) < 4.78 is 0. The summed E-state index contributed by atoms with van der Waals surface area (Å²) in [6.45, 7) is 7.92. The standard InChI is InChI=1S/C12H19NS/c1-9-7-14-8-11(9)6-13-10(2)12(3)4-5-12/h7-8,10,13H,4-6H2,1-3H3. The number of rotatable bonds is 4. The van der Waals surface area contributed by atoms with Gasteiger partial charge in [0.25, 0.3) is 0 Å². The summed E-state index contributed by atoms with van der Waals surface area (Å²) in [6, 6.07) is 0.654. The Balaban J connectivity index is 1.85. The third-order valence-corrected chi connectivity index (χ3v) is 4.55. The first-order valence-electron chi connectivity index (χ1n) is 5.37. The lowest BCUT2D eigenvalue weighted by molar-refractivity contribution is 0.380. The molecule has 1 aliphatic carbocycles. The van der Waals surface area contributed by atoms with E-state index in [1.165, 1.54) is 24.0 Å². The fraction of sp³-hybridized carbons (Fsp3) is 0.667. The van der Waals surface area contributed by atoms with Gasteiger partial charge in [-0.3, -0.25) is 0 Å². The molecule has 1 fully saturated rings. The van der Waals surface area contributed by atoms with E-state index in [-0.39, 0.29) is 0 Å². The van der Waals surface area contributed by atoms with E-state index in [1.807, 2.05) is 0 Å². The maximum absolute atomic E-state index is 3.63. The molecule has 1 nitrogen and oxygen atoms in total. The van der Waals surface area contributed by atoms with Crippen molar-refractivity contribution < 1.29 is 0 Å². The minimum Gasteiger partial charge on any atom is -0.310 e. The van der Waals surface area contributed by atoms with Gasteiger partial charge in [-0.1, -0.05) is 6.92 Å². The average Bonchev–Trinajstić information content (AvgIpc) is 2.77.